The third-order valence-corrected chi connectivity index (χ3v) is 1.92. The molecule has 2 atom stereocenters. The zero-order valence-corrected chi connectivity index (χ0v) is 6.28. The van der Waals surface area contributed by atoms with Gasteiger partial charge in [-0.3, -0.25) is 0 Å². The molecule has 0 aliphatic carbocycles. The highest BCUT2D eigenvalue weighted by Crippen LogP contribution is 1.95. The molecule has 1 saturated heterocycles. The molecule has 1 unspecified atom stereocenters. The summed E-state index contributed by atoms with van der Waals surface area (Å²) in [6, 6.07) is 1.37. The Hall–Kier alpha value is -0.0800. The van der Waals surface area contributed by atoms with E-state index in [1.54, 1.807) is 0 Å². The van der Waals surface area contributed by atoms with Gasteiger partial charge in [0.15, 0.2) is 0 Å². The molecule has 0 aromatic rings. The van der Waals surface area contributed by atoms with Gasteiger partial charge in [0.2, 0.25) is 0 Å². The van der Waals surface area contributed by atoms with Crippen molar-refractivity contribution in [2.24, 2.45) is 0 Å². The summed E-state index contributed by atoms with van der Waals surface area (Å²) in [4.78, 5) is 0. The van der Waals surface area contributed by atoms with Crippen LogP contribution in [0.1, 0.15) is 20.3 Å². The first kappa shape index (κ1) is 7.03. The largest absolute Gasteiger partial charge is 0.311 e. The van der Waals surface area contributed by atoms with Gasteiger partial charge in [-0.15, -0.1) is 0 Å². The highest BCUT2D eigenvalue weighted by molar-refractivity contribution is 4.78. The summed E-state index contributed by atoms with van der Waals surface area (Å²) in [5, 5.41) is 6.88. The van der Waals surface area contributed by atoms with Crippen LogP contribution in [0.15, 0.2) is 0 Å². The molecular weight excluding hydrogens is 112 g/mol. The molecule has 1 aliphatic rings. The summed E-state index contributed by atoms with van der Waals surface area (Å²) in [6.45, 7) is 6.68. The van der Waals surface area contributed by atoms with Gasteiger partial charge in [0.25, 0.3) is 0 Å². The molecule has 9 heavy (non-hydrogen) atoms. The predicted octanol–water partition coefficient (Wildman–Crippen LogP) is 0.346. The Morgan fingerprint density at radius 3 is 2.56 bits per heavy atom. The fraction of sp³-hybridized carbons (Fsp3) is 1.00. The van der Waals surface area contributed by atoms with E-state index in [1.165, 1.54) is 6.42 Å². The van der Waals surface area contributed by atoms with Crippen LogP contribution in [-0.2, 0) is 0 Å². The summed E-state index contributed by atoms with van der Waals surface area (Å²) in [5.74, 6) is 0. The second-order valence-electron chi connectivity index (χ2n) is 2.82. The zero-order chi connectivity index (χ0) is 6.69. The molecule has 2 heteroatoms. The van der Waals surface area contributed by atoms with Crippen molar-refractivity contribution in [2.75, 3.05) is 13.1 Å². The predicted molar refractivity (Wildman–Crippen MR) is 39.5 cm³/mol. The van der Waals surface area contributed by atoms with E-state index in [0.29, 0.717) is 12.1 Å². The van der Waals surface area contributed by atoms with Gasteiger partial charge in [0.05, 0.1) is 0 Å². The van der Waals surface area contributed by atoms with E-state index < -0.39 is 0 Å². The molecule has 0 bridgehead atoms. The first-order valence-electron chi connectivity index (χ1n) is 3.79. The van der Waals surface area contributed by atoms with Crippen molar-refractivity contribution < 1.29 is 0 Å². The van der Waals surface area contributed by atoms with Crippen molar-refractivity contribution >= 4 is 0 Å². The van der Waals surface area contributed by atoms with Crippen LogP contribution in [-0.4, -0.2) is 25.2 Å². The van der Waals surface area contributed by atoms with Crippen LogP contribution in [0.4, 0.5) is 0 Å². The maximum absolute atomic E-state index is 3.46. The van der Waals surface area contributed by atoms with E-state index in [-0.39, 0.29) is 0 Å². The second-order valence-corrected chi connectivity index (χ2v) is 2.82. The van der Waals surface area contributed by atoms with Crippen LogP contribution < -0.4 is 10.6 Å². The molecular formula is C7H16N2. The van der Waals surface area contributed by atoms with E-state index in [4.69, 9.17) is 0 Å². The normalized spacial score (nSPS) is 36.7. The molecule has 1 fully saturated rings. The average Bonchev–Trinajstić information content (AvgIpc) is 1.90. The minimum atomic E-state index is 0.660. The monoisotopic (exact) mass is 128 g/mol. The van der Waals surface area contributed by atoms with Crippen LogP contribution >= 0.6 is 0 Å². The first-order chi connectivity index (χ1) is 4.33. The number of hydrogen-bond acceptors (Lipinski definition) is 2. The van der Waals surface area contributed by atoms with Crippen molar-refractivity contribution in [3.8, 4) is 0 Å². The van der Waals surface area contributed by atoms with Gasteiger partial charge in [0.1, 0.15) is 0 Å². The number of nitrogens with one attached hydrogen (secondary N) is 2. The minimum absolute atomic E-state index is 0.660. The molecule has 1 rings (SSSR count). The van der Waals surface area contributed by atoms with Crippen molar-refractivity contribution in [3.05, 3.63) is 0 Å². The lowest BCUT2D eigenvalue weighted by molar-refractivity contribution is 0.354. The quantitative estimate of drug-likeness (QED) is 0.532. The standard InChI is InChI=1S/C7H16N2/c1-3-7-5-8-6(2)4-9-7/h6-9H,3-5H2,1-2H3/t6?,7-/m1/s1. The Morgan fingerprint density at radius 1 is 1.33 bits per heavy atom. The fourth-order valence-corrected chi connectivity index (χ4v) is 1.12. The SMILES string of the molecule is CC[C@@H]1CNC(C)CN1. The molecule has 1 heterocycles. The van der Waals surface area contributed by atoms with Crippen LogP contribution in [0, 0.1) is 0 Å². The summed E-state index contributed by atoms with van der Waals surface area (Å²) < 4.78 is 0. The second kappa shape index (κ2) is 3.18. The molecule has 0 aromatic heterocycles. The molecule has 0 aromatic carbocycles. The Balaban J connectivity index is 2.18. The Kier molecular flexibility index (Phi) is 2.49. The third kappa shape index (κ3) is 1.95. The van der Waals surface area contributed by atoms with Gasteiger partial charge in [-0.1, -0.05) is 6.92 Å². The third-order valence-electron chi connectivity index (χ3n) is 1.92. The summed E-state index contributed by atoms with van der Waals surface area (Å²) in [5.41, 5.74) is 0. The molecule has 0 amide bonds. The molecule has 2 nitrogen and oxygen atoms in total. The maximum atomic E-state index is 3.46. The molecule has 0 saturated carbocycles. The van der Waals surface area contributed by atoms with E-state index in [0.717, 1.165) is 13.1 Å². The van der Waals surface area contributed by atoms with Gasteiger partial charge < -0.3 is 10.6 Å². The number of rotatable bonds is 1. The van der Waals surface area contributed by atoms with Gasteiger partial charge in [-0.05, 0) is 13.3 Å². The summed E-state index contributed by atoms with van der Waals surface area (Å²) in [7, 11) is 0. The Bertz CT molecular complexity index is 75.0. The fourth-order valence-electron chi connectivity index (χ4n) is 1.12. The lowest BCUT2D eigenvalue weighted by Gasteiger charge is -2.28. The van der Waals surface area contributed by atoms with Gasteiger partial charge in [0, 0.05) is 25.2 Å². The van der Waals surface area contributed by atoms with Gasteiger partial charge in [-0.25, -0.2) is 0 Å². The highest BCUT2D eigenvalue weighted by atomic mass is 15.1. The van der Waals surface area contributed by atoms with Gasteiger partial charge >= 0.3 is 0 Å². The van der Waals surface area contributed by atoms with Crippen LogP contribution in [0.2, 0.25) is 0 Å². The van der Waals surface area contributed by atoms with Crippen molar-refractivity contribution in [1.82, 2.24) is 10.6 Å². The highest BCUT2D eigenvalue weighted by Gasteiger charge is 2.13. The van der Waals surface area contributed by atoms with Crippen LogP contribution in [0.5, 0.6) is 0 Å². The van der Waals surface area contributed by atoms with Crippen molar-refractivity contribution in [2.45, 2.75) is 32.4 Å². The maximum Gasteiger partial charge on any atom is 0.0190 e. The molecule has 54 valence electrons. The smallest absolute Gasteiger partial charge is 0.0190 e. The van der Waals surface area contributed by atoms with Crippen molar-refractivity contribution in [3.63, 3.8) is 0 Å². The summed E-state index contributed by atoms with van der Waals surface area (Å²) >= 11 is 0. The number of hydrogen-bond donors (Lipinski definition) is 2. The summed E-state index contributed by atoms with van der Waals surface area (Å²) in [6.07, 6.45) is 1.24. The first-order valence-corrected chi connectivity index (χ1v) is 3.79. The molecule has 0 spiro atoms. The van der Waals surface area contributed by atoms with E-state index in [2.05, 4.69) is 24.5 Å². The van der Waals surface area contributed by atoms with Crippen LogP contribution in [0.3, 0.4) is 0 Å². The average molecular weight is 128 g/mol. The lowest BCUT2D eigenvalue weighted by Crippen LogP contribution is -2.52. The number of piperazine rings is 1. The molecule has 0 radical (unpaired) electrons. The lowest BCUT2D eigenvalue weighted by atomic mass is 10.1. The molecule has 2 N–H and O–H groups in total. The van der Waals surface area contributed by atoms with E-state index >= 15 is 0 Å². The van der Waals surface area contributed by atoms with Crippen molar-refractivity contribution in [1.29, 1.82) is 0 Å². The Morgan fingerprint density at radius 2 is 2.11 bits per heavy atom. The molecule has 1 aliphatic heterocycles. The van der Waals surface area contributed by atoms with Gasteiger partial charge in [-0.2, -0.15) is 0 Å². The topological polar surface area (TPSA) is 24.1 Å². The van der Waals surface area contributed by atoms with Crippen LogP contribution in [0.25, 0.3) is 0 Å². The minimum Gasteiger partial charge on any atom is -0.311 e. The van der Waals surface area contributed by atoms with E-state index in [1.807, 2.05) is 0 Å². The zero-order valence-electron chi connectivity index (χ0n) is 6.28. The Labute approximate surface area is 57.0 Å². The van der Waals surface area contributed by atoms with E-state index in [9.17, 15) is 0 Å².